The van der Waals surface area contributed by atoms with Crippen molar-refractivity contribution in [1.29, 1.82) is 5.26 Å². The SMILES string of the molecule is COc1cccc(-c2cc(-c3cccc(OC)c3OC)c(C#N)c(N)n2)c1. The third-order valence-corrected chi connectivity index (χ3v) is 4.22. The number of para-hydroxylation sites is 1. The number of nitrogens with zero attached hydrogens (tertiary/aromatic N) is 2. The molecule has 0 unspecified atom stereocenters. The molecular weight excluding hydrogens is 342 g/mol. The first-order valence-corrected chi connectivity index (χ1v) is 8.19. The highest BCUT2D eigenvalue weighted by Gasteiger charge is 2.19. The van der Waals surface area contributed by atoms with Gasteiger partial charge in [-0.05, 0) is 24.3 Å². The van der Waals surface area contributed by atoms with Crippen molar-refractivity contribution in [3.8, 4) is 45.7 Å². The molecule has 0 atom stereocenters. The Labute approximate surface area is 157 Å². The second kappa shape index (κ2) is 7.67. The number of nitrogen functional groups attached to an aromatic ring is 1. The normalized spacial score (nSPS) is 10.1. The molecule has 0 saturated carbocycles. The lowest BCUT2D eigenvalue weighted by Gasteiger charge is -2.15. The average molecular weight is 361 g/mol. The Balaban J connectivity index is 2.27. The summed E-state index contributed by atoms with van der Waals surface area (Å²) < 4.78 is 16.2. The lowest BCUT2D eigenvalue weighted by molar-refractivity contribution is 0.356. The van der Waals surface area contributed by atoms with Crippen LogP contribution in [0, 0.1) is 11.3 Å². The van der Waals surface area contributed by atoms with Crippen molar-refractivity contribution in [3.05, 3.63) is 54.1 Å². The van der Waals surface area contributed by atoms with Crippen LogP contribution >= 0.6 is 0 Å². The van der Waals surface area contributed by atoms with Gasteiger partial charge in [-0.1, -0.05) is 24.3 Å². The number of nitrogens with two attached hydrogens (primary N) is 1. The number of nitriles is 1. The summed E-state index contributed by atoms with van der Waals surface area (Å²) in [6, 6.07) is 16.9. The molecule has 0 bridgehead atoms. The minimum absolute atomic E-state index is 0.151. The van der Waals surface area contributed by atoms with E-state index in [1.165, 1.54) is 0 Å². The summed E-state index contributed by atoms with van der Waals surface area (Å²) >= 11 is 0. The molecule has 0 aliphatic heterocycles. The molecule has 0 saturated heterocycles. The van der Waals surface area contributed by atoms with E-state index in [1.54, 1.807) is 27.4 Å². The zero-order valence-electron chi connectivity index (χ0n) is 15.3. The van der Waals surface area contributed by atoms with Crippen LogP contribution in [0.5, 0.6) is 17.2 Å². The first-order chi connectivity index (χ1) is 13.1. The van der Waals surface area contributed by atoms with Crippen molar-refractivity contribution in [2.24, 2.45) is 0 Å². The van der Waals surface area contributed by atoms with Gasteiger partial charge in [0.25, 0.3) is 0 Å². The van der Waals surface area contributed by atoms with Gasteiger partial charge in [0.15, 0.2) is 11.5 Å². The van der Waals surface area contributed by atoms with E-state index in [0.29, 0.717) is 34.1 Å². The molecule has 0 radical (unpaired) electrons. The molecule has 0 amide bonds. The van der Waals surface area contributed by atoms with Gasteiger partial charge in [-0.2, -0.15) is 5.26 Å². The molecule has 27 heavy (non-hydrogen) atoms. The van der Waals surface area contributed by atoms with E-state index in [-0.39, 0.29) is 11.4 Å². The number of hydrogen-bond donors (Lipinski definition) is 1. The molecule has 3 aromatic rings. The second-order valence-electron chi connectivity index (χ2n) is 5.70. The number of hydrogen-bond acceptors (Lipinski definition) is 6. The van der Waals surface area contributed by atoms with Crippen molar-refractivity contribution < 1.29 is 14.2 Å². The number of pyridine rings is 1. The van der Waals surface area contributed by atoms with E-state index in [1.807, 2.05) is 42.5 Å². The molecule has 1 heterocycles. The highest BCUT2D eigenvalue weighted by Crippen LogP contribution is 2.41. The molecule has 0 aliphatic carbocycles. The topological polar surface area (TPSA) is 90.4 Å². The Morgan fingerprint density at radius 2 is 1.70 bits per heavy atom. The van der Waals surface area contributed by atoms with E-state index < -0.39 is 0 Å². The fraction of sp³-hybridized carbons (Fsp3) is 0.143. The summed E-state index contributed by atoms with van der Waals surface area (Å²) in [5.74, 6) is 1.95. The maximum atomic E-state index is 9.63. The quantitative estimate of drug-likeness (QED) is 0.741. The first-order valence-electron chi connectivity index (χ1n) is 8.19. The van der Waals surface area contributed by atoms with Crippen molar-refractivity contribution in [3.63, 3.8) is 0 Å². The van der Waals surface area contributed by atoms with Crippen molar-refractivity contribution in [1.82, 2.24) is 4.98 Å². The summed E-state index contributed by atoms with van der Waals surface area (Å²) in [5, 5.41) is 9.63. The van der Waals surface area contributed by atoms with Crippen LogP contribution in [-0.4, -0.2) is 26.3 Å². The minimum Gasteiger partial charge on any atom is -0.497 e. The van der Waals surface area contributed by atoms with Gasteiger partial charge in [0, 0.05) is 16.7 Å². The highest BCUT2D eigenvalue weighted by molar-refractivity contribution is 5.84. The van der Waals surface area contributed by atoms with Gasteiger partial charge in [-0.15, -0.1) is 0 Å². The van der Waals surface area contributed by atoms with Gasteiger partial charge in [0.2, 0.25) is 0 Å². The predicted molar refractivity (Wildman–Crippen MR) is 104 cm³/mol. The maximum absolute atomic E-state index is 9.63. The molecule has 1 aromatic heterocycles. The second-order valence-corrected chi connectivity index (χ2v) is 5.70. The number of methoxy groups -OCH3 is 3. The van der Waals surface area contributed by atoms with Crippen LogP contribution in [0.3, 0.4) is 0 Å². The van der Waals surface area contributed by atoms with Crippen molar-refractivity contribution in [2.75, 3.05) is 27.1 Å². The Morgan fingerprint density at radius 3 is 2.37 bits per heavy atom. The zero-order valence-corrected chi connectivity index (χ0v) is 15.3. The molecular formula is C21H19N3O3. The van der Waals surface area contributed by atoms with Crippen LogP contribution in [-0.2, 0) is 0 Å². The minimum atomic E-state index is 0.151. The van der Waals surface area contributed by atoms with E-state index in [0.717, 1.165) is 5.56 Å². The lowest BCUT2D eigenvalue weighted by Crippen LogP contribution is -2.01. The molecule has 6 nitrogen and oxygen atoms in total. The number of ether oxygens (including phenoxy) is 3. The molecule has 0 fully saturated rings. The maximum Gasteiger partial charge on any atom is 0.168 e. The number of rotatable bonds is 5. The van der Waals surface area contributed by atoms with Crippen LogP contribution in [0.25, 0.3) is 22.4 Å². The van der Waals surface area contributed by atoms with E-state index >= 15 is 0 Å². The molecule has 0 spiro atoms. The standard InChI is InChI=1S/C21H19N3O3/c1-25-14-7-4-6-13(10-14)18-11-16(17(12-22)21(23)24-18)15-8-5-9-19(26-2)20(15)27-3/h4-11H,1-3H3,(H2,23,24). The van der Waals surface area contributed by atoms with Crippen LogP contribution in [0.15, 0.2) is 48.5 Å². The van der Waals surface area contributed by atoms with Gasteiger partial charge >= 0.3 is 0 Å². The third-order valence-electron chi connectivity index (χ3n) is 4.22. The smallest absolute Gasteiger partial charge is 0.168 e. The van der Waals surface area contributed by atoms with Gasteiger partial charge in [-0.25, -0.2) is 4.98 Å². The monoisotopic (exact) mass is 361 g/mol. The van der Waals surface area contributed by atoms with Crippen LogP contribution < -0.4 is 19.9 Å². The fourth-order valence-electron chi connectivity index (χ4n) is 2.92. The fourth-order valence-corrected chi connectivity index (χ4v) is 2.92. The summed E-state index contributed by atoms with van der Waals surface area (Å²) in [7, 11) is 4.72. The van der Waals surface area contributed by atoms with Crippen molar-refractivity contribution >= 4 is 5.82 Å². The summed E-state index contributed by atoms with van der Waals surface area (Å²) in [4.78, 5) is 4.40. The molecule has 136 valence electrons. The van der Waals surface area contributed by atoms with Crippen molar-refractivity contribution in [2.45, 2.75) is 0 Å². The third kappa shape index (κ3) is 3.35. The van der Waals surface area contributed by atoms with E-state index in [9.17, 15) is 5.26 Å². The highest BCUT2D eigenvalue weighted by atomic mass is 16.5. The molecule has 6 heteroatoms. The van der Waals surface area contributed by atoms with E-state index in [2.05, 4.69) is 11.1 Å². The van der Waals surface area contributed by atoms with Gasteiger partial charge in [0.1, 0.15) is 23.2 Å². The molecule has 3 rings (SSSR count). The van der Waals surface area contributed by atoms with Gasteiger partial charge in [0.05, 0.1) is 27.0 Å². The number of benzene rings is 2. The molecule has 0 aliphatic rings. The van der Waals surface area contributed by atoms with Gasteiger partial charge < -0.3 is 19.9 Å². The van der Waals surface area contributed by atoms with Crippen LogP contribution in [0.1, 0.15) is 5.56 Å². The lowest BCUT2D eigenvalue weighted by atomic mass is 9.97. The molecule has 2 N–H and O–H groups in total. The number of anilines is 1. The Kier molecular flexibility index (Phi) is 5.13. The first kappa shape index (κ1) is 18.1. The predicted octanol–water partition coefficient (Wildman–Crippen LogP) is 3.90. The van der Waals surface area contributed by atoms with Crippen LogP contribution in [0.4, 0.5) is 5.82 Å². The largest absolute Gasteiger partial charge is 0.497 e. The summed E-state index contributed by atoms with van der Waals surface area (Å²) in [6.07, 6.45) is 0. The molecule has 2 aromatic carbocycles. The van der Waals surface area contributed by atoms with Gasteiger partial charge in [-0.3, -0.25) is 0 Å². The van der Waals surface area contributed by atoms with Crippen LogP contribution in [0.2, 0.25) is 0 Å². The average Bonchev–Trinajstić information content (AvgIpc) is 2.72. The Bertz CT molecular complexity index is 1030. The Hall–Kier alpha value is -3.72. The summed E-state index contributed by atoms with van der Waals surface area (Å²) in [5.41, 5.74) is 9.17. The number of aromatic nitrogens is 1. The Morgan fingerprint density at radius 1 is 0.926 bits per heavy atom. The zero-order chi connectivity index (χ0) is 19.4. The summed E-state index contributed by atoms with van der Waals surface area (Å²) in [6.45, 7) is 0. The van der Waals surface area contributed by atoms with E-state index in [4.69, 9.17) is 19.9 Å².